The Bertz CT molecular complexity index is 1080. The van der Waals surface area contributed by atoms with Crippen LogP contribution in [-0.2, 0) is 0 Å². The van der Waals surface area contributed by atoms with E-state index in [9.17, 15) is 19.8 Å². The van der Waals surface area contributed by atoms with E-state index in [2.05, 4.69) is 78.3 Å². The molecule has 0 spiro atoms. The molecular formula is C32H48N2O4. The molecular weight excluding hydrogens is 476 g/mol. The lowest BCUT2D eigenvalue weighted by molar-refractivity contribution is -0.0305. The number of piperidine rings is 2. The highest BCUT2D eigenvalue weighted by Gasteiger charge is 2.49. The fourth-order valence-electron chi connectivity index (χ4n) is 8.15. The van der Waals surface area contributed by atoms with Crippen molar-refractivity contribution in [3.8, 4) is 0 Å². The Morgan fingerprint density at radius 2 is 1.16 bits per heavy atom. The van der Waals surface area contributed by atoms with Crippen molar-refractivity contribution in [2.45, 2.75) is 115 Å². The standard InChI is InChI=1S/C32H48N2O4/c1-11-15-33-29(3,4)17-21(18-30(33,5)6)23-13-14-24(27(35)36)26(28(37)38)25(23)22-19-31(7,8)34(16-12-2)32(9,10)20-22/h11-14,21-22H,1-2,15-20H2,3-10H3,(H,35,36)(H,37,38). The van der Waals surface area contributed by atoms with Gasteiger partial charge in [0.1, 0.15) is 0 Å². The van der Waals surface area contributed by atoms with Crippen molar-refractivity contribution < 1.29 is 19.8 Å². The highest BCUT2D eigenvalue weighted by atomic mass is 16.4. The number of carbonyl (C=O) groups is 2. The molecule has 38 heavy (non-hydrogen) atoms. The summed E-state index contributed by atoms with van der Waals surface area (Å²) in [5, 5.41) is 20.5. The summed E-state index contributed by atoms with van der Waals surface area (Å²) in [7, 11) is 0. The van der Waals surface area contributed by atoms with Gasteiger partial charge in [0.05, 0.1) is 11.1 Å². The minimum Gasteiger partial charge on any atom is -0.478 e. The largest absolute Gasteiger partial charge is 0.478 e. The Kier molecular flexibility index (Phi) is 8.14. The Morgan fingerprint density at radius 1 is 0.763 bits per heavy atom. The second-order valence-electron chi connectivity index (χ2n) is 13.9. The van der Waals surface area contributed by atoms with Crippen LogP contribution in [0.2, 0.25) is 0 Å². The van der Waals surface area contributed by atoms with Gasteiger partial charge in [0, 0.05) is 35.2 Å². The van der Waals surface area contributed by atoms with Crippen LogP contribution >= 0.6 is 0 Å². The molecule has 2 N–H and O–H groups in total. The maximum atomic E-state index is 12.8. The fourth-order valence-corrected chi connectivity index (χ4v) is 8.15. The minimum atomic E-state index is -1.20. The summed E-state index contributed by atoms with van der Waals surface area (Å²) < 4.78 is 0. The average Bonchev–Trinajstić information content (AvgIpc) is 2.76. The zero-order valence-electron chi connectivity index (χ0n) is 24.7. The molecule has 0 bridgehead atoms. The molecule has 6 heteroatoms. The molecule has 1 aromatic carbocycles. The van der Waals surface area contributed by atoms with E-state index in [4.69, 9.17) is 0 Å². The SMILES string of the molecule is C=CCN1C(C)(C)CC(c2ccc(C(=O)O)c(C(=O)O)c2C2CC(C)(C)N(CC=C)C(C)(C)C2)CC1(C)C. The molecule has 2 saturated heterocycles. The number of nitrogens with zero attached hydrogens (tertiary/aromatic N) is 2. The van der Waals surface area contributed by atoms with Gasteiger partial charge in [-0.2, -0.15) is 0 Å². The van der Waals surface area contributed by atoms with E-state index in [-0.39, 0.29) is 45.1 Å². The van der Waals surface area contributed by atoms with Crippen LogP contribution in [0.5, 0.6) is 0 Å². The van der Waals surface area contributed by atoms with Gasteiger partial charge in [0.25, 0.3) is 0 Å². The molecule has 0 amide bonds. The molecule has 2 fully saturated rings. The maximum Gasteiger partial charge on any atom is 0.336 e. The third-order valence-electron chi connectivity index (χ3n) is 9.10. The molecule has 0 radical (unpaired) electrons. The van der Waals surface area contributed by atoms with Gasteiger partial charge >= 0.3 is 11.9 Å². The number of likely N-dealkylation sites (tertiary alicyclic amines) is 2. The van der Waals surface area contributed by atoms with Crippen LogP contribution in [0.25, 0.3) is 0 Å². The summed E-state index contributed by atoms with van der Waals surface area (Å²) in [6, 6.07) is 3.44. The van der Waals surface area contributed by atoms with E-state index in [1.807, 2.05) is 18.2 Å². The van der Waals surface area contributed by atoms with E-state index in [0.717, 1.165) is 49.9 Å². The van der Waals surface area contributed by atoms with Crippen molar-refractivity contribution in [1.29, 1.82) is 0 Å². The second-order valence-corrected chi connectivity index (χ2v) is 13.9. The second kappa shape index (κ2) is 10.3. The van der Waals surface area contributed by atoms with Crippen molar-refractivity contribution in [3.63, 3.8) is 0 Å². The molecule has 3 rings (SSSR count). The first kappa shape index (κ1) is 30.1. The predicted octanol–water partition coefficient (Wildman–Crippen LogP) is 6.93. The highest BCUT2D eigenvalue weighted by Crippen LogP contribution is 2.52. The molecule has 6 nitrogen and oxygen atoms in total. The summed E-state index contributed by atoms with van der Waals surface area (Å²) >= 11 is 0. The first-order chi connectivity index (χ1) is 17.4. The lowest BCUT2D eigenvalue weighted by atomic mass is 9.65. The first-order valence-electron chi connectivity index (χ1n) is 13.8. The Labute approximate surface area is 229 Å². The van der Waals surface area contributed by atoms with E-state index >= 15 is 0 Å². The first-order valence-corrected chi connectivity index (χ1v) is 13.8. The van der Waals surface area contributed by atoms with Gasteiger partial charge in [0.2, 0.25) is 0 Å². The van der Waals surface area contributed by atoms with Crippen molar-refractivity contribution in [3.05, 3.63) is 59.7 Å². The topological polar surface area (TPSA) is 81.1 Å². The molecule has 2 aliphatic rings. The van der Waals surface area contributed by atoms with Gasteiger partial charge in [-0.15, -0.1) is 13.2 Å². The zero-order valence-corrected chi connectivity index (χ0v) is 24.7. The summed E-state index contributed by atoms with van der Waals surface area (Å²) in [6.07, 6.45) is 7.05. The number of rotatable bonds is 8. The van der Waals surface area contributed by atoms with Crippen LogP contribution in [0, 0.1) is 0 Å². The van der Waals surface area contributed by atoms with Gasteiger partial charge < -0.3 is 10.2 Å². The Hall–Kier alpha value is -2.44. The van der Waals surface area contributed by atoms with Crippen LogP contribution in [0.4, 0.5) is 0 Å². The molecule has 2 heterocycles. The smallest absolute Gasteiger partial charge is 0.336 e. The zero-order chi connectivity index (χ0) is 28.8. The van der Waals surface area contributed by atoms with Gasteiger partial charge in [-0.3, -0.25) is 9.80 Å². The van der Waals surface area contributed by atoms with Crippen LogP contribution in [0.3, 0.4) is 0 Å². The fraction of sp³-hybridized carbons (Fsp3) is 0.625. The van der Waals surface area contributed by atoms with Gasteiger partial charge in [-0.05, 0) is 110 Å². The van der Waals surface area contributed by atoms with E-state index in [0.29, 0.717) is 0 Å². The molecule has 2 aliphatic heterocycles. The third kappa shape index (κ3) is 5.48. The van der Waals surface area contributed by atoms with Gasteiger partial charge in [-0.1, -0.05) is 18.2 Å². The highest BCUT2D eigenvalue weighted by molar-refractivity contribution is 6.03. The third-order valence-corrected chi connectivity index (χ3v) is 9.10. The van der Waals surface area contributed by atoms with Gasteiger partial charge in [-0.25, -0.2) is 9.59 Å². The number of hydrogen-bond donors (Lipinski definition) is 2. The lowest BCUT2D eigenvalue weighted by Crippen LogP contribution is -2.60. The van der Waals surface area contributed by atoms with E-state index in [1.54, 1.807) is 0 Å². The van der Waals surface area contributed by atoms with Gasteiger partial charge in [0.15, 0.2) is 0 Å². The van der Waals surface area contributed by atoms with Crippen molar-refractivity contribution in [2.75, 3.05) is 13.1 Å². The lowest BCUT2D eigenvalue weighted by Gasteiger charge is -2.57. The van der Waals surface area contributed by atoms with Crippen molar-refractivity contribution in [1.82, 2.24) is 9.80 Å². The summed E-state index contributed by atoms with van der Waals surface area (Å²) in [6.45, 7) is 27.2. The van der Waals surface area contributed by atoms with Crippen LogP contribution in [0.1, 0.15) is 125 Å². The summed E-state index contributed by atoms with van der Waals surface area (Å²) in [5.74, 6) is -2.33. The Morgan fingerprint density at radius 3 is 1.50 bits per heavy atom. The molecule has 0 unspecified atom stereocenters. The minimum absolute atomic E-state index is 0.0343. The Balaban J connectivity index is 2.25. The van der Waals surface area contributed by atoms with Crippen molar-refractivity contribution in [2.24, 2.45) is 0 Å². The molecule has 0 aliphatic carbocycles. The molecule has 0 atom stereocenters. The summed E-state index contributed by atoms with van der Waals surface area (Å²) in [5.41, 5.74) is 0.844. The van der Waals surface area contributed by atoms with Crippen molar-refractivity contribution >= 4 is 11.9 Å². The number of carboxylic acid groups (broad SMARTS) is 2. The van der Waals surface area contributed by atoms with E-state index < -0.39 is 11.9 Å². The maximum absolute atomic E-state index is 12.8. The number of aromatic carboxylic acids is 2. The molecule has 0 aromatic heterocycles. The molecule has 0 saturated carbocycles. The summed E-state index contributed by atoms with van der Waals surface area (Å²) in [4.78, 5) is 30.0. The normalized spacial score (nSPS) is 23.6. The average molecular weight is 525 g/mol. The number of benzene rings is 1. The quantitative estimate of drug-likeness (QED) is 0.359. The monoisotopic (exact) mass is 524 g/mol. The number of hydrogen-bond acceptors (Lipinski definition) is 4. The number of carboxylic acids is 2. The predicted molar refractivity (Wildman–Crippen MR) is 154 cm³/mol. The van der Waals surface area contributed by atoms with Crippen LogP contribution in [-0.4, -0.2) is 67.2 Å². The van der Waals surface area contributed by atoms with E-state index in [1.165, 1.54) is 6.07 Å². The molecule has 210 valence electrons. The molecule has 1 aromatic rings. The van der Waals surface area contributed by atoms with Crippen LogP contribution in [0.15, 0.2) is 37.4 Å². The van der Waals surface area contributed by atoms with Crippen LogP contribution < -0.4 is 0 Å².